The van der Waals surface area contributed by atoms with Crippen LogP contribution in [-0.4, -0.2) is 64.5 Å². The van der Waals surface area contributed by atoms with Gasteiger partial charge in [-0.25, -0.2) is 0 Å². The number of carbonyl (C=O) groups is 4. The van der Waals surface area contributed by atoms with E-state index in [1.807, 2.05) is 0 Å². The molecule has 4 unspecified atom stereocenters. The van der Waals surface area contributed by atoms with Crippen LogP contribution in [0.25, 0.3) is 0 Å². The number of aromatic nitrogens is 1. The zero-order chi connectivity index (χ0) is 23.6. The lowest BCUT2D eigenvalue weighted by atomic mass is 10.0. The van der Waals surface area contributed by atoms with E-state index < -0.39 is 47.6 Å². The van der Waals surface area contributed by atoms with Gasteiger partial charge in [0.15, 0.2) is 6.10 Å². The van der Waals surface area contributed by atoms with Crippen LogP contribution in [0.5, 0.6) is 0 Å². The highest BCUT2D eigenvalue weighted by Gasteiger charge is 2.44. The highest BCUT2D eigenvalue weighted by molar-refractivity contribution is 7.99. The summed E-state index contributed by atoms with van der Waals surface area (Å²) in [4.78, 5) is 43.2. The largest absolute Gasteiger partial charge is 0.481 e. The fourth-order valence-corrected chi connectivity index (χ4v) is 3.70. The van der Waals surface area contributed by atoms with Crippen LogP contribution in [0, 0.1) is 0 Å². The standard InChI is InChI=1S/C17H22NO8S.C2H4O2/c1-10(19)23-9-14-17(25-12(3)21)13(24-11(2)20)8-16(26-14)27-15-6-4-5-7-18(15)22;1-2(3)4/h4-7,13-14,16-17,22H,8-9H2,1-3H3;1H3,(H,3,4)/q+1;. The molecule has 2 heterocycles. The van der Waals surface area contributed by atoms with Crippen LogP contribution < -0.4 is 4.73 Å². The van der Waals surface area contributed by atoms with Crippen molar-refractivity contribution in [1.29, 1.82) is 0 Å². The number of nitrogens with zero attached hydrogens (tertiary/aromatic N) is 1. The summed E-state index contributed by atoms with van der Waals surface area (Å²) in [5.41, 5.74) is -0.539. The predicted octanol–water partition coefficient (Wildman–Crippen LogP) is 0.936. The second kappa shape index (κ2) is 12.7. The second-order valence-corrected chi connectivity index (χ2v) is 7.56. The molecule has 0 amide bonds. The zero-order valence-electron chi connectivity index (χ0n) is 17.5. The molecule has 31 heavy (non-hydrogen) atoms. The zero-order valence-corrected chi connectivity index (χ0v) is 18.4. The lowest BCUT2D eigenvalue weighted by molar-refractivity contribution is -0.932. The molecule has 0 aromatic carbocycles. The van der Waals surface area contributed by atoms with E-state index in [1.165, 1.54) is 38.7 Å². The Bertz CT molecular complexity index is 783. The third kappa shape index (κ3) is 10.1. The molecule has 0 bridgehead atoms. The van der Waals surface area contributed by atoms with E-state index in [-0.39, 0.29) is 13.0 Å². The van der Waals surface area contributed by atoms with Gasteiger partial charge in [0.2, 0.25) is 6.20 Å². The number of pyridine rings is 1. The van der Waals surface area contributed by atoms with Crippen LogP contribution >= 0.6 is 11.8 Å². The number of rotatable bonds is 6. The summed E-state index contributed by atoms with van der Waals surface area (Å²) in [5, 5.41) is 17.8. The number of carboxylic acid groups (broad SMARTS) is 1. The number of thioether (sulfide) groups is 1. The van der Waals surface area contributed by atoms with E-state index in [0.29, 0.717) is 5.03 Å². The molecule has 1 aromatic rings. The maximum Gasteiger partial charge on any atom is 0.303 e. The lowest BCUT2D eigenvalue weighted by Gasteiger charge is -2.39. The van der Waals surface area contributed by atoms with Gasteiger partial charge < -0.3 is 24.1 Å². The number of aliphatic carboxylic acids is 1. The first-order valence-corrected chi connectivity index (χ1v) is 10.1. The molecule has 4 atom stereocenters. The first-order valence-electron chi connectivity index (χ1n) is 9.19. The Morgan fingerprint density at radius 3 is 2.23 bits per heavy atom. The van der Waals surface area contributed by atoms with Gasteiger partial charge in [-0.2, -0.15) is 0 Å². The van der Waals surface area contributed by atoms with Crippen LogP contribution in [0.3, 0.4) is 0 Å². The number of carboxylic acids is 1. The van der Waals surface area contributed by atoms with Gasteiger partial charge in [-0.1, -0.05) is 0 Å². The monoisotopic (exact) mass is 460 g/mol. The van der Waals surface area contributed by atoms with E-state index in [0.717, 1.165) is 11.7 Å². The highest BCUT2D eigenvalue weighted by Crippen LogP contribution is 2.34. The van der Waals surface area contributed by atoms with Crippen molar-refractivity contribution in [2.75, 3.05) is 6.61 Å². The summed E-state index contributed by atoms with van der Waals surface area (Å²) < 4.78 is 22.5. The van der Waals surface area contributed by atoms with Gasteiger partial charge in [0.25, 0.3) is 11.0 Å². The molecule has 2 rings (SSSR count). The Kier molecular flexibility index (Phi) is 10.8. The van der Waals surface area contributed by atoms with E-state index in [2.05, 4.69) is 0 Å². The van der Waals surface area contributed by atoms with Gasteiger partial charge in [0.05, 0.1) is 0 Å². The maximum atomic E-state index is 11.5. The summed E-state index contributed by atoms with van der Waals surface area (Å²) in [6.07, 6.45) is -0.849. The summed E-state index contributed by atoms with van der Waals surface area (Å²) >= 11 is 1.20. The Hall–Kier alpha value is -2.86. The van der Waals surface area contributed by atoms with Crippen LogP contribution in [0.2, 0.25) is 0 Å². The third-order valence-corrected chi connectivity index (χ3v) is 4.74. The molecule has 2 N–H and O–H groups in total. The van der Waals surface area contributed by atoms with Crippen molar-refractivity contribution < 1.29 is 53.2 Å². The lowest BCUT2D eigenvalue weighted by Crippen LogP contribution is -2.53. The van der Waals surface area contributed by atoms with Crippen molar-refractivity contribution in [1.82, 2.24) is 0 Å². The molecule has 0 saturated carbocycles. The molecule has 0 radical (unpaired) electrons. The van der Waals surface area contributed by atoms with Gasteiger partial charge in [0.1, 0.15) is 24.3 Å². The number of hydrogen-bond acceptors (Lipinski definition) is 10. The molecule has 1 fully saturated rings. The van der Waals surface area contributed by atoms with Crippen LogP contribution in [0.4, 0.5) is 0 Å². The Balaban J connectivity index is 0.00000110. The second-order valence-electron chi connectivity index (χ2n) is 6.38. The topological polar surface area (TPSA) is 150 Å². The molecule has 0 spiro atoms. The van der Waals surface area contributed by atoms with E-state index >= 15 is 0 Å². The van der Waals surface area contributed by atoms with E-state index in [1.54, 1.807) is 18.2 Å². The predicted molar refractivity (Wildman–Crippen MR) is 104 cm³/mol. The number of ether oxygens (including phenoxy) is 4. The normalized spacial score (nSPS) is 22.3. The molecule has 1 aliphatic heterocycles. The minimum Gasteiger partial charge on any atom is -0.481 e. The molecular formula is C19H26NO10S+. The van der Waals surface area contributed by atoms with Gasteiger partial charge in [-0.15, -0.1) is 0 Å². The van der Waals surface area contributed by atoms with Crippen molar-refractivity contribution >= 4 is 35.6 Å². The molecule has 1 aromatic heterocycles. The summed E-state index contributed by atoms with van der Waals surface area (Å²) in [6.45, 7) is 4.64. The van der Waals surface area contributed by atoms with Crippen LogP contribution in [-0.2, 0) is 38.1 Å². The first-order chi connectivity index (χ1) is 14.5. The maximum absolute atomic E-state index is 11.5. The minimum atomic E-state index is -0.917. The molecule has 1 aliphatic rings. The fourth-order valence-electron chi connectivity index (χ4n) is 2.62. The Morgan fingerprint density at radius 2 is 1.71 bits per heavy atom. The van der Waals surface area contributed by atoms with Gasteiger partial charge in [-0.05, 0) is 17.8 Å². The van der Waals surface area contributed by atoms with Crippen molar-refractivity contribution in [2.45, 2.75) is 62.9 Å². The molecular weight excluding hydrogens is 434 g/mol. The van der Waals surface area contributed by atoms with E-state index in [9.17, 15) is 19.6 Å². The smallest absolute Gasteiger partial charge is 0.303 e. The highest BCUT2D eigenvalue weighted by atomic mass is 32.2. The van der Waals surface area contributed by atoms with Crippen LogP contribution in [0.15, 0.2) is 29.4 Å². The quantitative estimate of drug-likeness (QED) is 0.270. The van der Waals surface area contributed by atoms with Crippen LogP contribution in [0.1, 0.15) is 34.1 Å². The van der Waals surface area contributed by atoms with Crippen molar-refractivity contribution in [2.24, 2.45) is 0 Å². The SMILES string of the molecule is CC(=O)O.CC(=O)OCC1OC(Sc2cccc[n+]2O)CC(OC(C)=O)C1OC(C)=O. The number of esters is 3. The van der Waals surface area contributed by atoms with Gasteiger partial charge >= 0.3 is 17.9 Å². The molecule has 1 saturated heterocycles. The molecule has 0 aliphatic carbocycles. The molecule has 172 valence electrons. The minimum absolute atomic E-state index is 0.171. The molecule has 12 heteroatoms. The number of hydrogen-bond donors (Lipinski definition) is 2. The summed E-state index contributed by atoms with van der Waals surface area (Å²) in [6, 6.07) is 5.10. The summed E-state index contributed by atoms with van der Waals surface area (Å²) in [7, 11) is 0. The molecule has 11 nitrogen and oxygen atoms in total. The van der Waals surface area contributed by atoms with Crippen molar-refractivity contribution in [3.8, 4) is 0 Å². The first kappa shape index (κ1) is 26.2. The average molecular weight is 460 g/mol. The van der Waals surface area contributed by atoms with Crippen molar-refractivity contribution in [3.05, 3.63) is 24.4 Å². The van der Waals surface area contributed by atoms with Gasteiger partial charge in [0, 0.05) is 51.0 Å². The number of carbonyl (C=O) groups excluding carboxylic acids is 3. The van der Waals surface area contributed by atoms with Gasteiger partial charge in [-0.3, -0.25) is 24.4 Å². The van der Waals surface area contributed by atoms with E-state index in [4.69, 9.17) is 28.8 Å². The van der Waals surface area contributed by atoms with Crippen molar-refractivity contribution in [3.63, 3.8) is 0 Å². The Labute approximate surface area is 183 Å². The Morgan fingerprint density at radius 1 is 1.10 bits per heavy atom. The average Bonchev–Trinajstić information content (AvgIpc) is 2.63. The fraction of sp³-hybridized carbons (Fsp3) is 0.526. The summed E-state index contributed by atoms with van der Waals surface area (Å²) in [5.74, 6) is -2.46. The third-order valence-electron chi connectivity index (χ3n) is 3.61.